The maximum atomic E-state index is 12.9. The number of hydrogen-bond donors (Lipinski definition) is 1. The topological polar surface area (TPSA) is 89.2 Å². The van der Waals surface area contributed by atoms with Gasteiger partial charge in [-0.3, -0.25) is 4.79 Å². The van der Waals surface area contributed by atoms with E-state index < -0.39 is 12.2 Å². The monoisotopic (exact) mass is 487 g/mol. The number of amides is 1. The molecule has 0 fully saturated rings. The summed E-state index contributed by atoms with van der Waals surface area (Å²) in [6.45, 7) is 2.47. The first-order chi connectivity index (χ1) is 17.5. The second-order valence-corrected chi connectivity index (χ2v) is 8.42. The van der Waals surface area contributed by atoms with Gasteiger partial charge in [-0.15, -0.1) is 0 Å². The number of benzene rings is 3. The maximum Gasteiger partial charge on any atom is 0.410 e. The van der Waals surface area contributed by atoms with Gasteiger partial charge in [0.2, 0.25) is 0 Å². The van der Waals surface area contributed by atoms with Crippen molar-refractivity contribution in [1.29, 1.82) is 0 Å². The molecule has 7 heteroatoms. The molecule has 1 atom stereocenters. The third-order valence-corrected chi connectivity index (χ3v) is 5.59. The van der Waals surface area contributed by atoms with Crippen molar-refractivity contribution in [1.82, 2.24) is 4.90 Å². The summed E-state index contributed by atoms with van der Waals surface area (Å²) < 4.78 is 17.2. The summed E-state index contributed by atoms with van der Waals surface area (Å²) >= 11 is 0. The molecule has 4 rings (SSSR count). The molecule has 0 saturated heterocycles. The third-order valence-electron chi connectivity index (χ3n) is 5.59. The van der Waals surface area contributed by atoms with E-state index in [1.165, 1.54) is 11.0 Å². The van der Waals surface area contributed by atoms with Gasteiger partial charge in [-0.1, -0.05) is 73.7 Å². The molecule has 4 aromatic rings. The van der Waals surface area contributed by atoms with Crippen molar-refractivity contribution in [3.63, 3.8) is 0 Å². The van der Waals surface area contributed by atoms with Crippen molar-refractivity contribution in [2.24, 2.45) is 0 Å². The Labute approximate surface area is 209 Å². The van der Waals surface area contributed by atoms with Crippen LogP contribution in [0.4, 0.5) is 4.79 Å². The van der Waals surface area contributed by atoms with Gasteiger partial charge in [-0.05, 0) is 24.1 Å². The molecular formula is C29H29NO6. The quantitative estimate of drug-likeness (QED) is 0.329. The molecule has 186 valence electrons. The van der Waals surface area contributed by atoms with E-state index in [2.05, 4.69) is 0 Å². The smallest absolute Gasteiger partial charge is 0.410 e. The molecule has 1 amide bonds. The zero-order valence-corrected chi connectivity index (χ0v) is 20.1. The highest BCUT2D eigenvalue weighted by Crippen LogP contribution is 2.27. The molecule has 1 N–H and O–H groups in total. The molecular weight excluding hydrogens is 458 g/mol. The summed E-state index contributed by atoms with van der Waals surface area (Å²) in [5.41, 5.74) is 1.84. The van der Waals surface area contributed by atoms with Gasteiger partial charge in [0, 0.05) is 18.2 Å². The Kier molecular flexibility index (Phi) is 8.36. The van der Waals surface area contributed by atoms with Gasteiger partial charge in [0.1, 0.15) is 41.8 Å². The molecule has 0 aliphatic rings. The van der Waals surface area contributed by atoms with Gasteiger partial charge >= 0.3 is 6.09 Å². The molecule has 1 unspecified atom stereocenters. The first-order valence-corrected chi connectivity index (χ1v) is 11.9. The van der Waals surface area contributed by atoms with Gasteiger partial charge in [0.05, 0.1) is 6.54 Å². The van der Waals surface area contributed by atoms with Gasteiger partial charge in [-0.2, -0.15) is 0 Å². The van der Waals surface area contributed by atoms with Crippen molar-refractivity contribution in [3.8, 4) is 17.1 Å². The average Bonchev–Trinajstić information content (AvgIpc) is 2.91. The fraction of sp³-hybridized carbons (Fsp3) is 0.241. The van der Waals surface area contributed by atoms with Crippen molar-refractivity contribution in [2.75, 3.05) is 19.7 Å². The molecule has 1 aromatic heterocycles. The molecule has 36 heavy (non-hydrogen) atoms. The lowest BCUT2D eigenvalue weighted by molar-refractivity contribution is 0.0502. The summed E-state index contributed by atoms with van der Waals surface area (Å²) in [6, 6.07) is 25.3. The Morgan fingerprint density at radius 1 is 1.00 bits per heavy atom. The molecule has 3 aromatic carbocycles. The van der Waals surface area contributed by atoms with Crippen LogP contribution in [0, 0.1) is 0 Å². The SMILES string of the molecule is CCCN(CC(O)COc1cccc2oc(-c3ccccc3)cc(=O)c12)C(=O)OCc1ccccc1. The summed E-state index contributed by atoms with van der Waals surface area (Å²) in [6.07, 6.45) is -0.770. The van der Waals surface area contributed by atoms with Gasteiger partial charge in [0.25, 0.3) is 0 Å². The first kappa shape index (κ1) is 25.0. The lowest BCUT2D eigenvalue weighted by Gasteiger charge is -2.24. The fourth-order valence-corrected chi connectivity index (χ4v) is 3.87. The van der Waals surface area contributed by atoms with Crippen molar-refractivity contribution < 1.29 is 23.8 Å². The third kappa shape index (κ3) is 6.31. The number of hydrogen-bond acceptors (Lipinski definition) is 6. The molecule has 0 aliphatic heterocycles. The number of rotatable bonds is 10. The largest absolute Gasteiger partial charge is 0.490 e. The molecule has 1 heterocycles. The van der Waals surface area contributed by atoms with Crippen LogP contribution in [-0.4, -0.2) is 41.9 Å². The van der Waals surface area contributed by atoms with E-state index in [0.29, 0.717) is 35.4 Å². The Morgan fingerprint density at radius 3 is 2.44 bits per heavy atom. The predicted molar refractivity (Wildman–Crippen MR) is 138 cm³/mol. The highest BCUT2D eigenvalue weighted by molar-refractivity contribution is 5.84. The minimum absolute atomic E-state index is 0.0407. The van der Waals surface area contributed by atoms with Crippen LogP contribution in [0.25, 0.3) is 22.3 Å². The van der Waals surface area contributed by atoms with Crippen LogP contribution in [0.1, 0.15) is 18.9 Å². The fourth-order valence-electron chi connectivity index (χ4n) is 3.87. The second-order valence-electron chi connectivity index (χ2n) is 8.42. The molecule has 7 nitrogen and oxygen atoms in total. The Hall–Kier alpha value is -4.10. The minimum atomic E-state index is -0.980. The summed E-state index contributed by atoms with van der Waals surface area (Å²) in [4.78, 5) is 26.9. The lowest BCUT2D eigenvalue weighted by Crippen LogP contribution is -2.40. The molecule has 0 aliphatic carbocycles. The summed E-state index contributed by atoms with van der Waals surface area (Å²) in [5.74, 6) is 0.781. The van der Waals surface area contributed by atoms with E-state index in [1.54, 1.807) is 18.2 Å². The van der Waals surface area contributed by atoms with Crippen LogP contribution < -0.4 is 10.2 Å². The predicted octanol–water partition coefficient (Wildman–Crippen LogP) is 5.25. The van der Waals surface area contributed by atoms with E-state index in [1.807, 2.05) is 67.6 Å². The van der Waals surface area contributed by atoms with Crippen molar-refractivity contribution in [2.45, 2.75) is 26.1 Å². The van der Waals surface area contributed by atoms with Crippen LogP contribution in [0.2, 0.25) is 0 Å². The van der Waals surface area contributed by atoms with E-state index in [0.717, 1.165) is 11.1 Å². The summed E-state index contributed by atoms with van der Waals surface area (Å²) in [5, 5.41) is 10.9. The van der Waals surface area contributed by atoms with Gasteiger partial charge in [0.15, 0.2) is 5.43 Å². The van der Waals surface area contributed by atoms with E-state index in [9.17, 15) is 14.7 Å². The number of nitrogens with zero attached hydrogens (tertiary/aromatic N) is 1. The van der Waals surface area contributed by atoms with Crippen LogP contribution in [0.15, 0.2) is 94.1 Å². The highest BCUT2D eigenvalue weighted by atomic mass is 16.6. The Balaban J connectivity index is 1.41. The summed E-state index contributed by atoms with van der Waals surface area (Å²) in [7, 11) is 0. The van der Waals surface area contributed by atoms with Crippen molar-refractivity contribution in [3.05, 3.63) is 101 Å². The molecule has 0 radical (unpaired) electrons. The number of ether oxygens (including phenoxy) is 2. The average molecular weight is 488 g/mol. The standard InChI is InChI=1S/C29H29NO6/c1-2-16-30(29(33)35-19-21-10-5-3-6-11-21)18-23(31)20-34-25-14-9-15-26-28(25)24(32)17-27(36-26)22-12-7-4-8-13-22/h3-15,17,23,31H,2,16,18-20H2,1H3. The first-order valence-electron chi connectivity index (χ1n) is 11.9. The normalized spacial score (nSPS) is 11.7. The molecule has 0 saturated carbocycles. The number of aliphatic hydroxyl groups is 1. The number of carbonyl (C=O) groups is 1. The zero-order valence-electron chi connectivity index (χ0n) is 20.1. The Morgan fingerprint density at radius 2 is 1.72 bits per heavy atom. The Bertz CT molecular complexity index is 1340. The number of carbonyl (C=O) groups excluding carboxylic acids is 1. The minimum Gasteiger partial charge on any atom is -0.490 e. The zero-order chi connectivity index (χ0) is 25.3. The highest BCUT2D eigenvalue weighted by Gasteiger charge is 2.20. The van der Waals surface area contributed by atoms with E-state index >= 15 is 0 Å². The van der Waals surface area contributed by atoms with Gasteiger partial charge < -0.3 is 23.9 Å². The van der Waals surface area contributed by atoms with Crippen molar-refractivity contribution >= 4 is 17.1 Å². The number of fused-ring (bicyclic) bond motifs is 1. The van der Waals surface area contributed by atoms with Crippen LogP contribution in [0.3, 0.4) is 0 Å². The number of aliphatic hydroxyl groups excluding tert-OH is 1. The molecule has 0 bridgehead atoms. The van der Waals surface area contributed by atoms with Crippen LogP contribution in [-0.2, 0) is 11.3 Å². The van der Waals surface area contributed by atoms with Crippen LogP contribution in [0.5, 0.6) is 5.75 Å². The maximum absolute atomic E-state index is 12.9. The second kappa shape index (κ2) is 12.0. The lowest BCUT2D eigenvalue weighted by atomic mass is 10.1. The van der Waals surface area contributed by atoms with E-state index in [-0.39, 0.29) is 25.2 Å². The van der Waals surface area contributed by atoms with E-state index in [4.69, 9.17) is 13.9 Å². The molecule has 0 spiro atoms. The van der Waals surface area contributed by atoms with Crippen LogP contribution >= 0.6 is 0 Å². The van der Waals surface area contributed by atoms with Gasteiger partial charge in [-0.25, -0.2) is 4.79 Å².